The topological polar surface area (TPSA) is 49.8 Å². The lowest BCUT2D eigenvalue weighted by Crippen LogP contribution is -2.48. The second-order valence-corrected chi connectivity index (χ2v) is 5.36. The molecule has 1 aromatic carbocycles. The van der Waals surface area contributed by atoms with E-state index in [-0.39, 0.29) is 0 Å². The van der Waals surface area contributed by atoms with E-state index in [0.717, 1.165) is 24.8 Å². The molecule has 4 nitrogen and oxygen atoms in total. The molecule has 2 unspecified atom stereocenters. The standard InChI is InChI=1S/C16H19NO3/c18-16(19)9-6-12-4-7-13(8-5-12)17-10-11-20-15-3-1-2-14(15)17/h4-9,14-15H,1-3,10-11H2,(H,18,19). The van der Waals surface area contributed by atoms with Crippen molar-refractivity contribution in [2.24, 2.45) is 0 Å². The fourth-order valence-corrected chi connectivity index (χ4v) is 3.19. The molecule has 2 atom stereocenters. The first-order valence-corrected chi connectivity index (χ1v) is 7.13. The number of carboxylic acids is 1. The zero-order valence-electron chi connectivity index (χ0n) is 11.4. The Morgan fingerprint density at radius 2 is 2.10 bits per heavy atom. The lowest BCUT2D eigenvalue weighted by Gasteiger charge is -2.39. The van der Waals surface area contributed by atoms with Gasteiger partial charge in [0, 0.05) is 18.3 Å². The van der Waals surface area contributed by atoms with Crippen LogP contribution in [0.1, 0.15) is 24.8 Å². The molecule has 4 heteroatoms. The van der Waals surface area contributed by atoms with E-state index in [1.54, 1.807) is 6.08 Å². The number of fused-ring (bicyclic) bond motifs is 1. The van der Waals surface area contributed by atoms with Gasteiger partial charge in [0.05, 0.1) is 18.8 Å². The molecule has 1 saturated heterocycles. The zero-order valence-corrected chi connectivity index (χ0v) is 11.4. The van der Waals surface area contributed by atoms with Gasteiger partial charge in [0.25, 0.3) is 0 Å². The fraction of sp³-hybridized carbons (Fsp3) is 0.438. The van der Waals surface area contributed by atoms with E-state index in [1.165, 1.54) is 24.9 Å². The summed E-state index contributed by atoms with van der Waals surface area (Å²) in [6, 6.07) is 8.58. The molecule has 2 fully saturated rings. The van der Waals surface area contributed by atoms with E-state index in [9.17, 15) is 4.79 Å². The summed E-state index contributed by atoms with van der Waals surface area (Å²) in [4.78, 5) is 12.9. The second kappa shape index (κ2) is 5.67. The van der Waals surface area contributed by atoms with Crippen LogP contribution < -0.4 is 4.90 Å². The van der Waals surface area contributed by atoms with Crippen LogP contribution in [0.4, 0.5) is 5.69 Å². The van der Waals surface area contributed by atoms with Crippen molar-refractivity contribution >= 4 is 17.7 Å². The van der Waals surface area contributed by atoms with Gasteiger partial charge in [0.1, 0.15) is 0 Å². The van der Waals surface area contributed by atoms with Gasteiger partial charge < -0.3 is 14.7 Å². The number of carbonyl (C=O) groups is 1. The molecule has 106 valence electrons. The number of hydrogen-bond acceptors (Lipinski definition) is 3. The molecule has 0 radical (unpaired) electrons. The summed E-state index contributed by atoms with van der Waals surface area (Å²) in [5.41, 5.74) is 2.12. The number of hydrogen-bond donors (Lipinski definition) is 1. The van der Waals surface area contributed by atoms with Gasteiger partial charge in [-0.15, -0.1) is 0 Å². The number of carboxylic acid groups (broad SMARTS) is 1. The van der Waals surface area contributed by atoms with Crippen LogP contribution in [-0.2, 0) is 9.53 Å². The molecular formula is C16H19NO3. The van der Waals surface area contributed by atoms with Crippen molar-refractivity contribution < 1.29 is 14.6 Å². The van der Waals surface area contributed by atoms with E-state index >= 15 is 0 Å². The first kappa shape index (κ1) is 13.2. The van der Waals surface area contributed by atoms with Gasteiger partial charge in [0.15, 0.2) is 0 Å². The third-order valence-corrected chi connectivity index (χ3v) is 4.13. The molecule has 1 aliphatic heterocycles. The van der Waals surface area contributed by atoms with Gasteiger partial charge in [0.2, 0.25) is 0 Å². The van der Waals surface area contributed by atoms with Gasteiger partial charge >= 0.3 is 5.97 Å². The summed E-state index contributed by atoms with van der Waals surface area (Å²) in [6.07, 6.45) is 6.77. The summed E-state index contributed by atoms with van der Waals surface area (Å²) in [5.74, 6) is -0.920. The minimum Gasteiger partial charge on any atom is -0.478 e. The van der Waals surface area contributed by atoms with Crippen molar-refractivity contribution in [1.82, 2.24) is 0 Å². The summed E-state index contributed by atoms with van der Waals surface area (Å²) in [5, 5.41) is 8.63. The van der Waals surface area contributed by atoms with Crippen LogP contribution in [0.25, 0.3) is 6.08 Å². The maximum Gasteiger partial charge on any atom is 0.328 e. The molecule has 1 saturated carbocycles. The van der Waals surface area contributed by atoms with E-state index in [2.05, 4.69) is 17.0 Å². The van der Waals surface area contributed by atoms with Crippen LogP contribution in [0, 0.1) is 0 Å². The SMILES string of the molecule is O=C(O)C=Cc1ccc(N2CCOC3CCCC32)cc1. The summed E-state index contributed by atoms with van der Waals surface area (Å²) in [6.45, 7) is 1.73. The molecule has 1 N–H and O–H groups in total. The quantitative estimate of drug-likeness (QED) is 0.860. The molecule has 0 aromatic heterocycles. The number of benzene rings is 1. The molecule has 1 aromatic rings. The van der Waals surface area contributed by atoms with Crippen LogP contribution in [0.5, 0.6) is 0 Å². The minimum atomic E-state index is -0.920. The van der Waals surface area contributed by atoms with Crippen molar-refractivity contribution in [2.45, 2.75) is 31.4 Å². The van der Waals surface area contributed by atoms with Gasteiger partial charge in [-0.25, -0.2) is 4.79 Å². The molecular weight excluding hydrogens is 254 g/mol. The molecule has 0 spiro atoms. The maximum atomic E-state index is 10.5. The van der Waals surface area contributed by atoms with Crippen molar-refractivity contribution in [2.75, 3.05) is 18.1 Å². The smallest absolute Gasteiger partial charge is 0.328 e. The number of morpholine rings is 1. The molecule has 2 aliphatic rings. The molecule has 0 amide bonds. The second-order valence-electron chi connectivity index (χ2n) is 5.36. The fourth-order valence-electron chi connectivity index (χ4n) is 3.19. The Morgan fingerprint density at radius 1 is 1.30 bits per heavy atom. The molecule has 20 heavy (non-hydrogen) atoms. The molecule has 0 bridgehead atoms. The Balaban J connectivity index is 1.75. The van der Waals surface area contributed by atoms with Crippen LogP contribution in [0.2, 0.25) is 0 Å². The van der Waals surface area contributed by atoms with Crippen molar-refractivity contribution in [3.8, 4) is 0 Å². The maximum absolute atomic E-state index is 10.5. The number of aliphatic carboxylic acids is 1. The van der Waals surface area contributed by atoms with Gasteiger partial charge in [-0.1, -0.05) is 12.1 Å². The Labute approximate surface area is 118 Å². The number of nitrogens with zero attached hydrogens (tertiary/aromatic N) is 1. The highest BCUT2D eigenvalue weighted by Crippen LogP contribution is 2.33. The van der Waals surface area contributed by atoms with Gasteiger partial charge in [-0.05, 0) is 43.0 Å². The van der Waals surface area contributed by atoms with Crippen molar-refractivity contribution in [1.29, 1.82) is 0 Å². The summed E-state index contributed by atoms with van der Waals surface area (Å²) < 4.78 is 5.82. The Kier molecular flexibility index (Phi) is 3.74. The third kappa shape index (κ3) is 2.70. The van der Waals surface area contributed by atoms with E-state index in [4.69, 9.17) is 9.84 Å². The van der Waals surface area contributed by atoms with E-state index < -0.39 is 5.97 Å². The highest BCUT2D eigenvalue weighted by molar-refractivity contribution is 5.85. The highest BCUT2D eigenvalue weighted by Gasteiger charge is 2.35. The van der Waals surface area contributed by atoms with Crippen molar-refractivity contribution in [3.05, 3.63) is 35.9 Å². The van der Waals surface area contributed by atoms with Gasteiger partial charge in [-0.2, -0.15) is 0 Å². The summed E-state index contributed by atoms with van der Waals surface area (Å²) in [7, 11) is 0. The zero-order chi connectivity index (χ0) is 13.9. The predicted molar refractivity (Wildman–Crippen MR) is 77.8 cm³/mol. The molecule has 1 heterocycles. The molecule has 3 rings (SSSR count). The third-order valence-electron chi connectivity index (χ3n) is 4.13. The van der Waals surface area contributed by atoms with Crippen LogP contribution in [0.15, 0.2) is 30.3 Å². The van der Waals surface area contributed by atoms with Crippen LogP contribution >= 0.6 is 0 Å². The molecule has 1 aliphatic carbocycles. The first-order valence-electron chi connectivity index (χ1n) is 7.13. The minimum absolute atomic E-state index is 0.385. The number of ether oxygens (including phenoxy) is 1. The lowest BCUT2D eigenvalue weighted by atomic mass is 10.1. The van der Waals surface area contributed by atoms with Crippen molar-refractivity contribution in [3.63, 3.8) is 0 Å². The van der Waals surface area contributed by atoms with Crippen LogP contribution in [-0.4, -0.2) is 36.4 Å². The average molecular weight is 273 g/mol. The van der Waals surface area contributed by atoms with E-state index in [1.807, 2.05) is 12.1 Å². The largest absolute Gasteiger partial charge is 0.478 e. The average Bonchev–Trinajstić information content (AvgIpc) is 2.94. The number of rotatable bonds is 3. The Morgan fingerprint density at radius 3 is 2.85 bits per heavy atom. The lowest BCUT2D eigenvalue weighted by molar-refractivity contribution is -0.131. The highest BCUT2D eigenvalue weighted by atomic mass is 16.5. The predicted octanol–water partition coefficient (Wildman–Crippen LogP) is 2.54. The van der Waals surface area contributed by atoms with E-state index in [0.29, 0.717) is 12.1 Å². The normalized spacial score (nSPS) is 25.9. The van der Waals surface area contributed by atoms with Crippen LogP contribution in [0.3, 0.4) is 0 Å². The Bertz CT molecular complexity index is 509. The Hall–Kier alpha value is -1.81. The van der Waals surface area contributed by atoms with Gasteiger partial charge in [-0.3, -0.25) is 0 Å². The monoisotopic (exact) mass is 273 g/mol. The summed E-state index contributed by atoms with van der Waals surface area (Å²) >= 11 is 0. The number of anilines is 1. The first-order chi connectivity index (χ1) is 9.74.